The highest BCUT2D eigenvalue weighted by atomic mass is 32.2. The fourth-order valence-corrected chi connectivity index (χ4v) is 4.79. The molecular weight excluding hydrogens is 340 g/mol. The van der Waals surface area contributed by atoms with Crippen LogP contribution in [0.2, 0.25) is 0 Å². The highest BCUT2D eigenvalue weighted by Gasteiger charge is 2.27. The maximum Gasteiger partial charge on any atom is 0.255 e. The number of hydrogen-bond acceptors (Lipinski definition) is 3. The summed E-state index contributed by atoms with van der Waals surface area (Å²) in [6.45, 7) is 3.13. The lowest BCUT2D eigenvalue weighted by Gasteiger charge is -2.24. The predicted molar refractivity (Wildman–Crippen MR) is 112 cm³/mol. The first kappa shape index (κ1) is 19.0. The van der Waals surface area contributed by atoms with Crippen molar-refractivity contribution < 1.29 is 4.79 Å². The number of carbonyl (C=O) groups excluding carboxylic acids is 1. The van der Waals surface area contributed by atoms with Gasteiger partial charge in [-0.3, -0.25) is 9.69 Å². The number of para-hydroxylation sites is 1. The zero-order chi connectivity index (χ0) is 18.4. The lowest BCUT2D eigenvalue weighted by atomic mass is 10.1. The van der Waals surface area contributed by atoms with Gasteiger partial charge >= 0.3 is 0 Å². The molecule has 3 nitrogen and oxygen atoms in total. The van der Waals surface area contributed by atoms with Crippen LogP contribution < -0.4 is 5.32 Å². The van der Waals surface area contributed by atoms with Crippen molar-refractivity contribution in [3.05, 3.63) is 65.7 Å². The standard InChI is InChI=1S/C22H28N2OS/c1-3-26-21-13-12-20(15-21)24(2)16-17-8-7-9-18(14-17)22(25)23-19-10-5-4-6-11-19/h4-11,14,20-21H,3,12-13,15-16H2,1-2H3,(H,23,25)/t20-,21+/m1/s1. The van der Waals surface area contributed by atoms with Gasteiger partial charge < -0.3 is 5.32 Å². The fraction of sp³-hybridized carbons (Fsp3) is 0.409. The van der Waals surface area contributed by atoms with Gasteiger partial charge in [0.2, 0.25) is 0 Å². The average molecular weight is 369 g/mol. The first-order valence-corrected chi connectivity index (χ1v) is 10.5. The Morgan fingerprint density at radius 1 is 1.15 bits per heavy atom. The maximum absolute atomic E-state index is 12.5. The van der Waals surface area contributed by atoms with E-state index in [1.54, 1.807) is 0 Å². The Labute approximate surface area is 161 Å². The third-order valence-electron chi connectivity index (χ3n) is 5.04. The average Bonchev–Trinajstić information content (AvgIpc) is 3.12. The highest BCUT2D eigenvalue weighted by Crippen LogP contribution is 2.32. The molecule has 26 heavy (non-hydrogen) atoms. The van der Waals surface area contributed by atoms with Gasteiger partial charge in [-0.05, 0) is 61.9 Å². The SMILES string of the molecule is CCS[C@H]1CC[C@@H](N(C)Cc2cccc(C(=O)Nc3ccccc3)c2)C1. The van der Waals surface area contributed by atoms with Crippen LogP contribution >= 0.6 is 11.8 Å². The van der Waals surface area contributed by atoms with E-state index in [-0.39, 0.29) is 5.91 Å². The summed E-state index contributed by atoms with van der Waals surface area (Å²) in [5, 5.41) is 3.77. The van der Waals surface area contributed by atoms with Crippen LogP contribution in [0.25, 0.3) is 0 Å². The quantitative estimate of drug-likeness (QED) is 0.743. The number of rotatable bonds is 7. The van der Waals surface area contributed by atoms with Gasteiger partial charge in [0.05, 0.1) is 0 Å². The molecule has 0 saturated heterocycles. The van der Waals surface area contributed by atoms with E-state index in [0.717, 1.165) is 17.5 Å². The Balaban J connectivity index is 1.59. The number of benzene rings is 2. The Bertz CT molecular complexity index is 719. The van der Waals surface area contributed by atoms with E-state index in [4.69, 9.17) is 0 Å². The molecule has 1 aliphatic rings. The molecule has 0 aliphatic heterocycles. The molecule has 1 N–H and O–H groups in total. The summed E-state index contributed by atoms with van der Waals surface area (Å²) in [5.41, 5.74) is 2.73. The normalized spacial score (nSPS) is 19.7. The van der Waals surface area contributed by atoms with Crippen molar-refractivity contribution in [1.82, 2.24) is 4.90 Å². The molecule has 2 aromatic rings. The largest absolute Gasteiger partial charge is 0.322 e. The van der Waals surface area contributed by atoms with E-state index < -0.39 is 0 Å². The smallest absolute Gasteiger partial charge is 0.255 e. The molecule has 0 spiro atoms. The van der Waals surface area contributed by atoms with E-state index in [1.807, 2.05) is 48.5 Å². The minimum Gasteiger partial charge on any atom is -0.322 e. The molecule has 2 aromatic carbocycles. The van der Waals surface area contributed by atoms with Gasteiger partial charge in [0.15, 0.2) is 0 Å². The minimum atomic E-state index is -0.0546. The fourth-order valence-electron chi connectivity index (χ4n) is 3.66. The van der Waals surface area contributed by atoms with Crippen LogP contribution in [0.4, 0.5) is 5.69 Å². The van der Waals surface area contributed by atoms with Gasteiger partial charge in [-0.1, -0.05) is 37.3 Å². The van der Waals surface area contributed by atoms with Crippen molar-refractivity contribution in [3.8, 4) is 0 Å². The first-order chi connectivity index (χ1) is 12.7. The van der Waals surface area contributed by atoms with Crippen LogP contribution in [-0.4, -0.2) is 34.9 Å². The monoisotopic (exact) mass is 368 g/mol. The summed E-state index contributed by atoms with van der Waals surface area (Å²) >= 11 is 2.09. The molecule has 3 rings (SSSR count). The molecule has 1 fully saturated rings. The van der Waals surface area contributed by atoms with Crippen molar-refractivity contribution in [1.29, 1.82) is 0 Å². The van der Waals surface area contributed by atoms with Gasteiger partial charge in [0, 0.05) is 29.1 Å². The second-order valence-electron chi connectivity index (χ2n) is 6.98. The van der Waals surface area contributed by atoms with Crippen molar-refractivity contribution in [2.24, 2.45) is 0 Å². The number of hydrogen-bond donors (Lipinski definition) is 1. The highest BCUT2D eigenvalue weighted by molar-refractivity contribution is 7.99. The molecule has 2 atom stereocenters. The van der Waals surface area contributed by atoms with Gasteiger partial charge in [-0.15, -0.1) is 0 Å². The molecule has 1 amide bonds. The first-order valence-electron chi connectivity index (χ1n) is 9.43. The van der Waals surface area contributed by atoms with Crippen molar-refractivity contribution in [2.45, 2.75) is 44.0 Å². The lowest BCUT2D eigenvalue weighted by Crippen LogP contribution is -2.29. The summed E-state index contributed by atoms with van der Waals surface area (Å²) in [4.78, 5) is 14.9. The van der Waals surface area contributed by atoms with Crippen molar-refractivity contribution in [3.63, 3.8) is 0 Å². The second kappa shape index (κ2) is 9.24. The maximum atomic E-state index is 12.5. The zero-order valence-electron chi connectivity index (χ0n) is 15.7. The van der Waals surface area contributed by atoms with Crippen LogP contribution in [-0.2, 0) is 6.54 Å². The minimum absolute atomic E-state index is 0.0546. The van der Waals surface area contributed by atoms with Crippen LogP contribution in [0.5, 0.6) is 0 Å². The molecule has 0 heterocycles. The van der Waals surface area contributed by atoms with Crippen LogP contribution in [0.3, 0.4) is 0 Å². The van der Waals surface area contributed by atoms with E-state index in [1.165, 1.54) is 30.6 Å². The second-order valence-corrected chi connectivity index (χ2v) is 8.56. The summed E-state index contributed by atoms with van der Waals surface area (Å²) in [6.07, 6.45) is 3.89. The van der Waals surface area contributed by atoms with Gasteiger partial charge in [-0.2, -0.15) is 11.8 Å². The van der Waals surface area contributed by atoms with Crippen molar-refractivity contribution >= 4 is 23.4 Å². The molecule has 0 bridgehead atoms. The van der Waals surface area contributed by atoms with Crippen LogP contribution in [0, 0.1) is 0 Å². The van der Waals surface area contributed by atoms with Gasteiger partial charge in [0.1, 0.15) is 0 Å². The Morgan fingerprint density at radius 2 is 1.96 bits per heavy atom. The molecule has 1 aliphatic carbocycles. The van der Waals surface area contributed by atoms with E-state index in [0.29, 0.717) is 11.6 Å². The molecule has 4 heteroatoms. The summed E-state index contributed by atoms with van der Waals surface area (Å²) in [5.74, 6) is 1.15. The number of anilines is 1. The van der Waals surface area contributed by atoms with Crippen LogP contribution in [0.15, 0.2) is 54.6 Å². The Hall–Kier alpha value is -1.78. The van der Waals surface area contributed by atoms with Gasteiger partial charge in [0.25, 0.3) is 5.91 Å². The number of nitrogens with one attached hydrogen (secondary N) is 1. The van der Waals surface area contributed by atoms with E-state index >= 15 is 0 Å². The predicted octanol–water partition coefficient (Wildman–Crippen LogP) is 5.04. The Morgan fingerprint density at radius 3 is 2.73 bits per heavy atom. The van der Waals surface area contributed by atoms with Crippen molar-refractivity contribution in [2.75, 3.05) is 18.1 Å². The van der Waals surface area contributed by atoms with Gasteiger partial charge in [-0.25, -0.2) is 0 Å². The third-order valence-corrected chi connectivity index (χ3v) is 6.27. The summed E-state index contributed by atoms with van der Waals surface area (Å²) < 4.78 is 0. The third kappa shape index (κ3) is 5.12. The summed E-state index contributed by atoms with van der Waals surface area (Å²) in [6, 6.07) is 18.2. The lowest BCUT2D eigenvalue weighted by molar-refractivity contribution is 0.102. The van der Waals surface area contributed by atoms with Crippen LogP contribution in [0.1, 0.15) is 42.1 Å². The molecular formula is C22H28N2OS. The molecule has 138 valence electrons. The molecule has 1 saturated carbocycles. The Kier molecular flexibility index (Phi) is 6.75. The molecule has 0 radical (unpaired) electrons. The summed E-state index contributed by atoms with van der Waals surface area (Å²) in [7, 11) is 2.21. The van der Waals surface area contributed by atoms with E-state index in [2.05, 4.69) is 42.0 Å². The number of amides is 1. The molecule has 0 aromatic heterocycles. The number of carbonyl (C=O) groups is 1. The number of thioether (sulfide) groups is 1. The zero-order valence-corrected chi connectivity index (χ0v) is 16.5. The number of nitrogens with zero attached hydrogens (tertiary/aromatic N) is 1. The van der Waals surface area contributed by atoms with E-state index in [9.17, 15) is 4.79 Å². The molecule has 0 unspecified atom stereocenters. The topological polar surface area (TPSA) is 32.3 Å².